The Hall–Kier alpha value is -1.95. The molecule has 6 heteroatoms. The number of benzene rings is 1. The van der Waals surface area contributed by atoms with Gasteiger partial charge in [0.2, 0.25) is 0 Å². The summed E-state index contributed by atoms with van der Waals surface area (Å²) in [6.45, 7) is 4.10. The summed E-state index contributed by atoms with van der Waals surface area (Å²) >= 11 is 1.54. The number of aromatic nitrogens is 2. The number of hydrogen-bond acceptors (Lipinski definition) is 4. The lowest BCUT2D eigenvalue weighted by Crippen LogP contribution is -2.13. The Kier molecular flexibility index (Phi) is 4.34. The van der Waals surface area contributed by atoms with E-state index in [2.05, 4.69) is 5.10 Å². The summed E-state index contributed by atoms with van der Waals surface area (Å²) in [4.78, 5) is 0.922. The zero-order chi connectivity index (χ0) is 14.7. The van der Waals surface area contributed by atoms with Crippen LogP contribution in [0.15, 0.2) is 35.5 Å². The molecule has 2 rings (SSSR count). The summed E-state index contributed by atoms with van der Waals surface area (Å²) in [7, 11) is 0. The smallest absolute Gasteiger partial charge is 0.165 e. The van der Waals surface area contributed by atoms with Crippen LogP contribution in [0.3, 0.4) is 0 Å². The van der Waals surface area contributed by atoms with Crippen LogP contribution in [-0.4, -0.2) is 21.9 Å². The second-order valence-corrected chi connectivity index (χ2v) is 5.45. The maximum absolute atomic E-state index is 7.72. The highest BCUT2D eigenvalue weighted by Crippen LogP contribution is 2.31. The third kappa shape index (κ3) is 2.96. The normalized spacial score (nSPS) is 10.8. The minimum Gasteiger partial charge on any atom is -0.453 e. The first kappa shape index (κ1) is 14.5. The molecule has 0 aliphatic heterocycles. The largest absolute Gasteiger partial charge is 0.453 e. The quantitative estimate of drug-likeness (QED) is 0.503. The molecule has 0 aliphatic rings. The number of thioether (sulfide) groups is 1. The minimum absolute atomic E-state index is 0.00111. The first-order chi connectivity index (χ1) is 9.52. The van der Waals surface area contributed by atoms with Crippen molar-refractivity contribution in [1.82, 2.24) is 9.78 Å². The second-order valence-electron chi connectivity index (χ2n) is 4.60. The molecule has 1 heterocycles. The molecule has 0 aliphatic carbocycles. The van der Waals surface area contributed by atoms with Crippen LogP contribution in [0.2, 0.25) is 0 Å². The van der Waals surface area contributed by atoms with Crippen molar-refractivity contribution in [2.75, 3.05) is 6.26 Å². The van der Waals surface area contributed by atoms with Crippen molar-refractivity contribution in [2.24, 2.45) is 5.73 Å². The SMILES string of the molecule is CSc1cccc(Oc2cnn(C(C)C)c2)c1C(=N)N. The van der Waals surface area contributed by atoms with E-state index in [0.29, 0.717) is 17.1 Å². The van der Waals surface area contributed by atoms with Crippen LogP contribution >= 0.6 is 11.8 Å². The van der Waals surface area contributed by atoms with Gasteiger partial charge in [-0.2, -0.15) is 5.10 Å². The molecule has 3 N–H and O–H groups in total. The zero-order valence-electron chi connectivity index (χ0n) is 11.8. The topological polar surface area (TPSA) is 76.9 Å². The predicted molar refractivity (Wildman–Crippen MR) is 81.9 cm³/mol. The van der Waals surface area contributed by atoms with Gasteiger partial charge in [0.1, 0.15) is 11.6 Å². The molecule has 0 spiro atoms. The van der Waals surface area contributed by atoms with E-state index in [4.69, 9.17) is 15.9 Å². The lowest BCUT2D eigenvalue weighted by atomic mass is 10.2. The average molecular weight is 290 g/mol. The summed E-state index contributed by atoms with van der Waals surface area (Å²) in [6.07, 6.45) is 5.44. The van der Waals surface area contributed by atoms with Gasteiger partial charge in [-0.25, -0.2) is 0 Å². The fraction of sp³-hybridized carbons (Fsp3) is 0.286. The van der Waals surface area contributed by atoms with Gasteiger partial charge in [0.15, 0.2) is 5.75 Å². The van der Waals surface area contributed by atoms with Gasteiger partial charge in [-0.15, -0.1) is 11.8 Å². The van der Waals surface area contributed by atoms with Crippen molar-refractivity contribution in [3.05, 3.63) is 36.2 Å². The number of ether oxygens (including phenoxy) is 1. The summed E-state index contributed by atoms with van der Waals surface area (Å²) < 4.78 is 7.65. The second kappa shape index (κ2) is 6.00. The fourth-order valence-electron chi connectivity index (χ4n) is 1.81. The van der Waals surface area contributed by atoms with E-state index >= 15 is 0 Å². The Labute approximate surface area is 122 Å². The Balaban J connectivity index is 2.35. The number of nitrogens with zero attached hydrogens (tertiary/aromatic N) is 2. The van der Waals surface area contributed by atoms with E-state index < -0.39 is 0 Å². The molecule has 0 saturated heterocycles. The highest BCUT2D eigenvalue weighted by atomic mass is 32.2. The molecule has 0 atom stereocenters. The molecule has 106 valence electrons. The van der Waals surface area contributed by atoms with Crippen LogP contribution in [0.1, 0.15) is 25.5 Å². The molecule has 0 unspecified atom stereocenters. The van der Waals surface area contributed by atoms with Gasteiger partial charge in [-0.3, -0.25) is 10.1 Å². The van der Waals surface area contributed by atoms with Crippen LogP contribution in [0.5, 0.6) is 11.5 Å². The number of nitrogen functional groups attached to an aromatic ring is 1. The molecule has 0 amide bonds. The van der Waals surface area contributed by atoms with E-state index in [-0.39, 0.29) is 11.9 Å². The lowest BCUT2D eigenvalue weighted by molar-refractivity contribution is 0.474. The molecule has 20 heavy (non-hydrogen) atoms. The van der Waals surface area contributed by atoms with E-state index in [9.17, 15) is 0 Å². The van der Waals surface area contributed by atoms with Crippen molar-refractivity contribution in [1.29, 1.82) is 5.41 Å². The predicted octanol–water partition coefficient (Wildman–Crippen LogP) is 3.26. The number of nitrogens with two attached hydrogens (primary N) is 1. The zero-order valence-corrected chi connectivity index (χ0v) is 12.6. The maximum Gasteiger partial charge on any atom is 0.165 e. The molecular weight excluding hydrogens is 272 g/mol. The Morgan fingerprint density at radius 1 is 1.45 bits per heavy atom. The highest BCUT2D eigenvalue weighted by molar-refractivity contribution is 7.98. The average Bonchev–Trinajstić information content (AvgIpc) is 2.86. The van der Waals surface area contributed by atoms with Crippen molar-refractivity contribution in [3.8, 4) is 11.5 Å². The van der Waals surface area contributed by atoms with E-state index in [1.54, 1.807) is 6.20 Å². The molecule has 0 fully saturated rings. The monoisotopic (exact) mass is 290 g/mol. The highest BCUT2D eigenvalue weighted by Gasteiger charge is 2.13. The number of nitrogens with one attached hydrogen (secondary N) is 1. The third-order valence-electron chi connectivity index (χ3n) is 2.81. The van der Waals surface area contributed by atoms with Gasteiger partial charge >= 0.3 is 0 Å². The summed E-state index contributed by atoms with van der Waals surface area (Å²) in [5, 5.41) is 12.0. The summed E-state index contributed by atoms with van der Waals surface area (Å²) in [5.74, 6) is 1.22. The first-order valence-electron chi connectivity index (χ1n) is 6.26. The summed E-state index contributed by atoms with van der Waals surface area (Å²) in [6, 6.07) is 5.90. The van der Waals surface area contributed by atoms with Crippen LogP contribution < -0.4 is 10.5 Å². The Bertz CT molecular complexity index is 621. The number of rotatable bonds is 5. The van der Waals surface area contributed by atoms with Gasteiger partial charge in [-0.05, 0) is 32.2 Å². The maximum atomic E-state index is 7.72. The van der Waals surface area contributed by atoms with Gasteiger partial charge in [0, 0.05) is 10.9 Å². The van der Waals surface area contributed by atoms with Gasteiger partial charge in [0.05, 0.1) is 18.0 Å². The van der Waals surface area contributed by atoms with Crippen molar-refractivity contribution in [3.63, 3.8) is 0 Å². The molecule has 1 aromatic heterocycles. The Morgan fingerprint density at radius 3 is 2.75 bits per heavy atom. The van der Waals surface area contributed by atoms with Gasteiger partial charge in [-0.1, -0.05) is 6.07 Å². The number of hydrogen-bond donors (Lipinski definition) is 2. The summed E-state index contributed by atoms with van der Waals surface area (Å²) in [5.41, 5.74) is 6.29. The first-order valence-corrected chi connectivity index (χ1v) is 7.48. The van der Waals surface area contributed by atoms with Crippen LogP contribution in [0, 0.1) is 5.41 Å². The van der Waals surface area contributed by atoms with Crippen LogP contribution in [-0.2, 0) is 0 Å². The molecule has 2 aromatic rings. The molecule has 0 bridgehead atoms. The van der Waals surface area contributed by atoms with Crippen LogP contribution in [0.4, 0.5) is 0 Å². The standard InChI is InChI=1S/C14H18N4OS/c1-9(2)18-8-10(7-17-18)19-11-5-4-6-12(20-3)13(11)14(15)16/h4-9H,1-3H3,(H3,15,16). The molecule has 5 nitrogen and oxygen atoms in total. The van der Waals surface area contributed by atoms with Gasteiger partial charge in [0.25, 0.3) is 0 Å². The van der Waals surface area contributed by atoms with E-state index in [1.165, 1.54) is 11.8 Å². The van der Waals surface area contributed by atoms with E-state index in [0.717, 1.165) is 4.90 Å². The van der Waals surface area contributed by atoms with E-state index in [1.807, 2.05) is 49.2 Å². The third-order valence-corrected chi connectivity index (χ3v) is 3.59. The molecule has 1 aromatic carbocycles. The lowest BCUT2D eigenvalue weighted by Gasteiger charge is -2.12. The molecule has 0 radical (unpaired) electrons. The fourth-order valence-corrected chi connectivity index (χ4v) is 2.44. The minimum atomic E-state index is 0.00111. The Morgan fingerprint density at radius 2 is 2.20 bits per heavy atom. The number of amidine groups is 1. The van der Waals surface area contributed by atoms with Gasteiger partial charge < -0.3 is 10.5 Å². The van der Waals surface area contributed by atoms with Crippen molar-refractivity contribution >= 4 is 17.6 Å². The van der Waals surface area contributed by atoms with Crippen molar-refractivity contribution in [2.45, 2.75) is 24.8 Å². The molecule has 0 saturated carbocycles. The van der Waals surface area contributed by atoms with Crippen LogP contribution in [0.25, 0.3) is 0 Å². The molecular formula is C14H18N4OS. The van der Waals surface area contributed by atoms with Crippen molar-refractivity contribution < 1.29 is 4.74 Å².